The molecule has 0 heterocycles. The summed E-state index contributed by atoms with van der Waals surface area (Å²) in [5.41, 5.74) is -0.731. The van der Waals surface area contributed by atoms with E-state index in [1.807, 2.05) is 0 Å². The number of benzene rings is 1. The van der Waals surface area contributed by atoms with Crippen molar-refractivity contribution in [2.24, 2.45) is 0 Å². The molecule has 0 amide bonds. The molecule has 0 aliphatic heterocycles. The molecule has 1 aromatic rings. The number of hydrogen-bond acceptors (Lipinski definition) is 3. The van der Waals surface area contributed by atoms with Crippen LogP contribution in [0.25, 0.3) is 0 Å². The molecule has 0 spiro atoms. The summed E-state index contributed by atoms with van der Waals surface area (Å²) in [6.45, 7) is 5.58. The third kappa shape index (κ3) is 4.47. The van der Waals surface area contributed by atoms with Gasteiger partial charge < -0.3 is 4.74 Å². The molecule has 8 heteroatoms. The Labute approximate surface area is 125 Å². The summed E-state index contributed by atoms with van der Waals surface area (Å²) in [7, 11) is -4.11. The van der Waals surface area contributed by atoms with Gasteiger partial charge in [0.05, 0.1) is 5.60 Å². The van der Waals surface area contributed by atoms with Crippen LogP contribution in [-0.2, 0) is 14.8 Å². The van der Waals surface area contributed by atoms with E-state index in [9.17, 15) is 17.2 Å². The van der Waals surface area contributed by atoms with Gasteiger partial charge in [-0.2, -0.15) is 0 Å². The van der Waals surface area contributed by atoms with Gasteiger partial charge in [-0.3, -0.25) is 0 Å². The van der Waals surface area contributed by atoms with Crippen LogP contribution in [0, 0.1) is 11.6 Å². The molecule has 0 saturated heterocycles. The second-order valence-electron chi connectivity index (χ2n) is 4.72. The first-order valence-corrected chi connectivity index (χ1v) is 8.15. The SMILES string of the molecule is CCOC(C)(C)CNS(=O)(=O)c1c(F)cc(F)cc1Br. The van der Waals surface area contributed by atoms with Gasteiger partial charge in [-0.1, -0.05) is 0 Å². The lowest BCUT2D eigenvalue weighted by Gasteiger charge is -2.25. The van der Waals surface area contributed by atoms with Crippen LogP contribution in [0.5, 0.6) is 0 Å². The first-order chi connectivity index (χ1) is 9.09. The Morgan fingerprint density at radius 2 is 1.95 bits per heavy atom. The molecule has 0 fully saturated rings. The Morgan fingerprint density at radius 1 is 1.35 bits per heavy atom. The highest BCUT2D eigenvalue weighted by Gasteiger charge is 2.27. The third-order valence-electron chi connectivity index (χ3n) is 2.45. The Morgan fingerprint density at radius 3 is 2.45 bits per heavy atom. The zero-order valence-corrected chi connectivity index (χ0v) is 13.7. The highest BCUT2D eigenvalue weighted by molar-refractivity contribution is 9.10. The van der Waals surface area contributed by atoms with Crippen molar-refractivity contribution in [1.82, 2.24) is 4.72 Å². The smallest absolute Gasteiger partial charge is 0.244 e. The van der Waals surface area contributed by atoms with E-state index in [0.29, 0.717) is 12.7 Å². The Hall–Kier alpha value is -0.570. The zero-order chi connectivity index (χ0) is 15.6. The molecule has 0 atom stereocenters. The molecule has 0 aliphatic rings. The fourth-order valence-electron chi connectivity index (χ4n) is 1.57. The minimum Gasteiger partial charge on any atom is -0.375 e. The van der Waals surface area contributed by atoms with Crippen molar-refractivity contribution in [1.29, 1.82) is 0 Å². The standard InChI is InChI=1S/C12H16BrF2NO3S/c1-4-19-12(2,3)7-16-20(17,18)11-9(13)5-8(14)6-10(11)15/h5-6,16H,4,7H2,1-3H3. The molecule has 0 aromatic heterocycles. The van der Waals surface area contributed by atoms with Gasteiger partial charge in [-0.15, -0.1) is 0 Å². The lowest BCUT2D eigenvalue weighted by atomic mass is 10.1. The minimum atomic E-state index is -4.11. The fraction of sp³-hybridized carbons (Fsp3) is 0.500. The predicted octanol–water partition coefficient (Wildman–Crippen LogP) is 2.82. The van der Waals surface area contributed by atoms with Crippen LogP contribution in [-0.4, -0.2) is 27.2 Å². The number of rotatable bonds is 6. The van der Waals surface area contributed by atoms with Crippen LogP contribution in [0.1, 0.15) is 20.8 Å². The quantitative estimate of drug-likeness (QED) is 0.836. The van der Waals surface area contributed by atoms with Crippen LogP contribution >= 0.6 is 15.9 Å². The predicted molar refractivity (Wildman–Crippen MR) is 75.0 cm³/mol. The molecule has 114 valence electrons. The van der Waals surface area contributed by atoms with Gasteiger partial charge in [0.1, 0.15) is 16.5 Å². The van der Waals surface area contributed by atoms with Gasteiger partial charge in [0.2, 0.25) is 10.0 Å². The molecule has 1 rings (SSSR count). The minimum absolute atomic E-state index is 0.0353. The third-order valence-corrected chi connectivity index (χ3v) is 4.82. The lowest BCUT2D eigenvalue weighted by Crippen LogP contribution is -2.40. The average molecular weight is 372 g/mol. The molecule has 0 aliphatic carbocycles. The van der Waals surface area contributed by atoms with E-state index in [-0.39, 0.29) is 11.0 Å². The fourth-order valence-corrected chi connectivity index (χ4v) is 3.93. The summed E-state index contributed by atoms with van der Waals surface area (Å²) in [5.74, 6) is -2.01. The van der Waals surface area contributed by atoms with Crippen molar-refractivity contribution in [2.75, 3.05) is 13.2 Å². The van der Waals surface area contributed by atoms with Crippen molar-refractivity contribution in [3.63, 3.8) is 0 Å². The summed E-state index contributed by atoms with van der Waals surface area (Å²) >= 11 is 2.85. The van der Waals surface area contributed by atoms with Crippen molar-refractivity contribution in [3.8, 4) is 0 Å². The second-order valence-corrected chi connectivity index (χ2v) is 7.27. The number of halogens is 3. The van der Waals surface area contributed by atoms with Crippen molar-refractivity contribution >= 4 is 26.0 Å². The van der Waals surface area contributed by atoms with E-state index >= 15 is 0 Å². The highest BCUT2D eigenvalue weighted by Crippen LogP contribution is 2.26. The van der Waals surface area contributed by atoms with Gasteiger partial charge in [0.15, 0.2) is 0 Å². The number of nitrogens with one attached hydrogen (secondary N) is 1. The van der Waals surface area contributed by atoms with Gasteiger partial charge in [0.25, 0.3) is 0 Å². The molecule has 0 unspecified atom stereocenters. The van der Waals surface area contributed by atoms with Crippen LogP contribution < -0.4 is 4.72 Å². The van der Waals surface area contributed by atoms with Crippen molar-refractivity contribution in [2.45, 2.75) is 31.3 Å². The lowest BCUT2D eigenvalue weighted by molar-refractivity contribution is -0.00516. The first kappa shape index (κ1) is 17.5. The Kier molecular flexibility index (Phi) is 5.65. The molecule has 20 heavy (non-hydrogen) atoms. The number of hydrogen-bond donors (Lipinski definition) is 1. The van der Waals surface area contributed by atoms with E-state index in [4.69, 9.17) is 4.74 Å². The van der Waals surface area contributed by atoms with Gasteiger partial charge in [-0.05, 0) is 42.8 Å². The highest BCUT2D eigenvalue weighted by atomic mass is 79.9. The molecule has 0 radical (unpaired) electrons. The topological polar surface area (TPSA) is 55.4 Å². The van der Waals surface area contributed by atoms with E-state index in [0.717, 1.165) is 6.07 Å². The molecule has 1 aromatic carbocycles. The van der Waals surface area contributed by atoms with E-state index in [2.05, 4.69) is 20.7 Å². The maximum Gasteiger partial charge on any atom is 0.244 e. The molecule has 4 nitrogen and oxygen atoms in total. The molecule has 0 bridgehead atoms. The summed E-state index contributed by atoms with van der Waals surface area (Å²) in [4.78, 5) is -0.619. The largest absolute Gasteiger partial charge is 0.375 e. The van der Waals surface area contributed by atoms with E-state index in [1.54, 1.807) is 20.8 Å². The van der Waals surface area contributed by atoms with Crippen LogP contribution in [0.15, 0.2) is 21.5 Å². The van der Waals surface area contributed by atoms with E-state index in [1.165, 1.54) is 0 Å². The van der Waals surface area contributed by atoms with Crippen LogP contribution in [0.4, 0.5) is 8.78 Å². The summed E-state index contributed by atoms with van der Waals surface area (Å²) in [6.07, 6.45) is 0. The average Bonchev–Trinajstić information content (AvgIpc) is 2.24. The Bertz CT molecular complexity index is 567. The molecule has 1 N–H and O–H groups in total. The molecular formula is C12H16BrF2NO3S. The Balaban J connectivity index is 3.01. The number of ether oxygens (including phenoxy) is 1. The van der Waals surface area contributed by atoms with Crippen molar-refractivity contribution < 1.29 is 21.9 Å². The zero-order valence-electron chi connectivity index (χ0n) is 11.3. The van der Waals surface area contributed by atoms with Gasteiger partial charge in [-0.25, -0.2) is 21.9 Å². The van der Waals surface area contributed by atoms with E-state index < -0.39 is 32.2 Å². The van der Waals surface area contributed by atoms with Crippen LogP contribution in [0.2, 0.25) is 0 Å². The monoisotopic (exact) mass is 371 g/mol. The van der Waals surface area contributed by atoms with Gasteiger partial charge in [0, 0.05) is 23.7 Å². The normalized spacial score (nSPS) is 12.7. The maximum atomic E-state index is 13.7. The number of sulfonamides is 1. The van der Waals surface area contributed by atoms with Gasteiger partial charge >= 0.3 is 0 Å². The molecule has 0 saturated carbocycles. The summed E-state index contributed by atoms with van der Waals surface area (Å²) < 4.78 is 58.2. The molecular weight excluding hydrogens is 356 g/mol. The summed E-state index contributed by atoms with van der Waals surface area (Å²) in [5, 5.41) is 0. The maximum absolute atomic E-state index is 13.7. The van der Waals surface area contributed by atoms with Crippen LogP contribution in [0.3, 0.4) is 0 Å². The summed E-state index contributed by atoms with van der Waals surface area (Å²) in [6, 6.07) is 1.42. The van der Waals surface area contributed by atoms with Crippen molar-refractivity contribution in [3.05, 3.63) is 28.2 Å². The second kappa shape index (κ2) is 6.46. The first-order valence-electron chi connectivity index (χ1n) is 5.87.